The molecule has 1 aromatic heterocycles. The van der Waals surface area contributed by atoms with E-state index in [0.29, 0.717) is 35.7 Å². The zero-order valence-corrected chi connectivity index (χ0v) is 14.8. The van der Waals surface area contributed by atoms with E-state index in [1.807, 2.05) is 25.7 Å². The Morgan fingerprint density at radius 2 is 2.09 bits per heavy atom. The van der Waals surface area contributed by atoms with Crippen molar-refractivity contribution in [3.05, 3.63) is 22.6 Å². The Morgan fingerprint density at radius 3 is 2.64 bits per heavy atom. The molecule has 22 heavy (non-hydrogen) atoms. The zero-order valence-electron chi connectivity index (χ0n) is 13.2. The van der Waals surface area contributed by atoms with Crippen molar-refractivity contribution < 1.29 is 13.9 Å². The van der Waals surface area contributed by atoms with Crippen LogP contribution in [-0.4, -0.2) is 29.6 Å². The van der Waals surface area contributed by atoms with Gasteiger partial charge in [0.2, 0.25) is 0 Å². The molecule has 0 aliphatic carbocycles. The SMILES string of the molecule is CC(C)(C)OC(=O)CC1CCN(c2ncc(Br)cc2F)CC1. The zero-order chi connectivity index (χ0) is 16.3. The highest BCUT2D eigenvalue weighted by atomic mass is 79.9. The molecule has 4 nitrogen and oxygen atoms in total. The second-order valence-electron chi connectivity index (χ2n) is 6.68. The molecule has 0 amide bonds. The molecule has 0 spiro atoms. The van der Waals surface area contributed by atoms with E-state index in [1.165, 1.54) is 6.07 Å². The summed E-state index contributed by atoms with van der Waals surface area (Å²) in [6.07, 6.45) is 3.72. The highest BCUT2D eigenvalue weighted by Gasteiger charge is 2.26. The van der Waals surface area contributed by atoms with Gasteiger partial charge in [0.25, 0.3) is 0 Å². The van der Waals surface area contributed by atoms with Gasteiger partial charge in [-0.15, -0.1) is 0 Å². The molecular weight excluding hydrogens is 351 g/mol. The summed E-state index contributed by atoms with van der Waals surface area (Å²) in [6, 6.07) is 1.43. The van der Waals surface area contributed by atoms with E-state index < -0.39 is 5.60 Å². The fraction of sp³-hybridized carbons (Fsp3) is 0.625. The van der Waals surface area contributed by atoms with E-state index in [0.717, 1.165) is 12.8 Å². The molecule has 6 heteroatoms. The standard InChI is InChI=1S/C16H22BrFN2O2/c1-16(2,3)22-14(21)8-11-4-6-20(7-5-11)15-13(18)9-12(17)10-19-15/h9-11H,4-8H2,1-3H3. The van der Waals surface area contributed by atoms with Crippen LogP contribution in [0.2, 0.25) is 0 Å². The molecule has 2 rings (SSSR count). The quantitative estimate of drug-likeness (QED) is 0.753. The Balaban J connectivity index is 1.86. The van der Waals surface area contributed by atoms with Crippen LogP contribution >= 0.6 is 15.9 Å². The van der Waals surface area contributed by atoms with E-state index in [4.69, 9.17) is 4.74 Å². The predicted octanol–water partition coefficient (Wildman–Crippen LogP) is 3.93. The minimum absolute atomic E-state index is 0.154. The van der Waals surface area contributed by atoms with E-state index in [2.05, 4.69) is 20.9 Å². The first kappa shape index (κ1) is 17.2. The number of aromatic nitrogens is 1. The maximum atomic E-state index is 13.9. The summed E-state index contributed by atoms with van der Waals surface area (Å²) < 4.78 is 19.9. The first-order chi connectivity index (χ1) is 10.2. The van der Waals surface area contributed by atoms with Gasteiger partial charge in [0.05, 0.1) is 0 Å². The van der Waals surface area contributed by atoms with Crippen LogP contribution in [0.4, 0.5) is 10.2 Å². The van der Waals surface area contributed by atoms with Crippen molar-refractivity contribution in [2.24, 2.45) is 5.92 Å². The highest BCUT2D eigenvalue weighted by Crippen LogP contribution is 2.27. The van der Waals surface area contributed by atoms with Crippen LogP contribution in [0.3, 0.4) is 0 Å². The van der Waals surface area contributed by atoms with Crippen molar-refractivity contribution >= 4 is 27.7 Å². The van der Waals surface area contributed by atoms with E-state index in [-0.39, 0.29) is 11.8 Å². The molecule has 0 saturated carbocycles. The maximum absolute atomic E-state index is 13.9. The molecule has 1 saturated heterocycles. The van der Waals surface area contributed by atoms with Crippen LogP contribution < -0.4 is 4.90 Å². The van der Waals surface area contributed by atoms with Crippen LogP contribution in [0.25, 0.3) is 0 Å². The molecule has 0 N–H and O–H groups in total. The number of carbonyl (C=O) groups is 1. The Morgan fingerprint density at radius 1 is 1.45 bits per heavy atom. The number of hydrogen-bond donors (Lipinski definition) is 0. The normalized spacial score (nSPS) is 16.7. The molecule has 1 aromatic rings. The van der Waals surface area contributed by atoms with Gasteiger partial charge in [-0.05, 0) is 61.5 Å². The van der Waals surface area contributed by atoms with Gasteiger partial charge in [0.15, 0.2) is 11.6 Å². The van der Waals surface area contributed by atoms with Gasteiger partial charge < -0.3 is 9.64 Å². The molecule has 0 aromatic carbocycles. The monoisotopic (exact) mass is 372 g/mol. The average molecular weight is 373 g/mol. The predicted molar refractivity (Wildman–Crippen MR) is 87.3 cm³/mol. The van der Waals surface area contributed by atoms with Crippen molar-refractivity contribution in [3.8, 4) is 0 Å². The Bertz CT molecular complexity index is 537. The van der Waals surface area contributed by atoms with Crippen molar-refractivity contribution in [3.63, 3.8) is 0 Å². The number of piperidine rings is 1. The largest absolute Gasteiger partial charge is 0.460 e. The summed E-state index contributed by atoms with van der Waals surface area (Å²) in [5.41, 5.74) is -0.442. The fourth-order valence-electron chi connectivity index (χ4n) is 2.61. The number of ether oxygens (including phenoxy) is 1. The summed E-state index contributed by atoms with van der Waals surface area (Å²) in [7, 11) is 0. The highest BCUT2D eigenvalue weighted by molar-refractivity contribution is 9.10. The van der Waals surface area contributed by atoms with Crippen LogP contribution in [0, 0.1) is 11.7 Å². The molecule has 2 heterocycles. The summed E-state index contributed by atoms with van der Waals surface area (Å²) in [4.78, 5) is 17.9. The molecule has 0 atom stereocenters. The number of esters is 1. The molecule has 1 aliphatic rings. The number of nitrogens with zero attached hydrogens (tertiary/aromatic N) is 2. The summed E-state index contributed by atoms with van der Waals surface area (Å²) in [6.45, 7) is 7.03. The summed E-state index contributed by atoms with van der Waals surface area (Å²) in [5.74, 6) is 0.211. The summed E-state index contributed by atoms with van der Waals surface area (Å²) in [5, 5.41) is 0. The number of rotatable bonds is 3. The lowest BCUT2D eigenvalue weighted by atomic mass is 9.93. The second kappa shape index (κ2) is 6.94. The lowest BCUT2D eigenvalue weighted by molar-refractivity contribution is -0.156. The Labute approximate surface area is 139 Å². The van der Waals surface area contributed by atoms with Gasteiger partial charge >= 0.3 is 5.97 Å². The van der Waals surface area contributed by atoms with Crippen molar-refractivity contribution in [2.75, 3.05) is 18.0 Å². The van der Waals surface area contributed by atoms with Crippen LogP contribution in [-0.2, 0) is 9.53 Å². The minimum Gasteiger partial charge on any atom is -0.460 e. The maximum Gasteiger partial charge on any atom is 0.306 e. The van der Waals surface area contributed by atoms with Crippen molar-refractivity contribution in [1.29, 1.82) is 0 Å². The molecular formula is C16H22BrFN2O2. The van der Waals surface area contributed by atoms with Crippen molar-refractivity contribution in [1.82, 2.24) is 4.98 Å². The lowest BCUT2D eigenvalue weighted by Crippen LogP contribution is -2.36. The smallest absolute Gasteiger partial charge is 0.306 e. The first-order valence-electron chi connectivity index (χ1n) is 7.52. The molecule has 0 unspecified atom stereocenters. The van der Waals surface area contributed by atoms with Crippen LogP contribution in [0.5, 0.6) is 0 Å². The average Bonchev–Trinajstić information content (AvgIpc) is 2.38. The third kappa shape index (κ3) is 4.93. The van der Waals surface area contributed by atoms with Gasteiger partial charge in [-0.1, -0.05) is 0 Å². The first-order valence-corrected chi connectivity index (χ1v) is 8.32. The fourth-order valence-corrected chi connectivity index (χ4v) is 2.91. The number of pyridine rings is 1. The topological polar surface area (TPSA) is 42.4 Å². The molecule has 1 fully saturated rings. The Kier molecular flexibility index (Phi) is 5.42. The van der Waals surface area contributed by atoms with E-state index in [1.54, 1.807) is 6.20 Å². The number of anilines is 1. The Hall–Kier alpha value is -1.17. The minimum atomic E-state index is -0.442. The molecule has 0 radical (unpaired) electrons. The van der Waals surface area contributed by atoms with Crippen LogP contribution in [0.15, 0.2) is 16.7 Å². The number of halogens is 2. The molecule has 122 valence electrons. The van der Waals surface area contributed by atoms with E-state index >= 15 is 0 Å². The van der Waals surface area contributed by atoms with Gasteiger partial charge in [0.1, 0.15) is 5.60 Å². The van der Waals surface area contributed by atoms with Gasteiger partial charge in [-0.2, -0.15) is 0 Å². The van der Waals surface area contributed by atoms with Gasteiger partial charge in [0, 0.05) is 30.2 Å². The lowest BCUT2D eigenvalue weighted by Gasteiger charge is -2.33. The number of hydrogen-bond acceptors (Lipinski definition) is 4. The second-order valence-corrected chi connectivity index (χ2v) is 7.60. The number of carbonyl (C=O) groups excluding carboxylic acids is 1. The third-order valence-electron chi connectivity index (χ3n) is 3.58. The molecule has 0 bridgehead atoms. The van der Waals surface area contributed by atoms with Crippen LogP contribution in [0.1, 0.15) is 40.0 Å². The van der Waals surface area contributed by atoms with Crippen molar-refractivity contribution in [2.45, 2.75) is 45.6 Å². The van der Waals surface area contributed by atoms with Gasteiger partial charge in [-0.3, -0.25) is 4.79 Å². The van der Waals surface area contributed by atoms with Gasteiger partial charge in [-0.25, -0.2) is 9.37 Å². The molecule has 1 aliphatic heterocycles. The van der Waals surface area contributed by atoms with E-state index in [9.17, 15) is 9.18 Å². The summed E-state index contributed by atoms with van der Waals surface area (Å²) >= 11 is 3.21. The third-order valence-corrected chi connectivity index (χ3v) is 4.01.